The Morgan fingerprint density at radius 3 is 2.69 bits per heavy atom. The number of allylic oxidation sites excluding steroid dienone is 2. The maximum absolute atomic E-state index is 13.1. The molecule has 13 heavy (non-hydrogen) atoms. The van der Waals surface area contributed by atoms with Gasteiger partial charge in [-0.3, -0.25) is 0 Å². The van der Waals surface area contributed by atoms with Crippen LogP contribution in [0.2, 0.25) is 0 Å². The fraction of sp³-hybridized carbons (Fsp3) is 0.273. The normalized spacial score (nSPS) is 11.5. The third-order valence-electron chi connectivity index (χ3n) is 1.75. The van der Waals surface area contributed by atoms with Gasteiger partial charge in [0.1, 0.15) is 0 Å². The number of hydrogen-bond donors (Lipinski definition) is 0. The predicted octanol–water partition coefficient (Wildman–Crippen LogP) is 3.52. The maximum atomic E-state index is 13.1. The number of ether oxygens (including phenoxy) is 1. The summed E-state index contributed by atoms with van der Waals surface area (Å²) < 4.78 is 18.4. The summed E-state index contributed by atoms with van der Waals surface area (Å²) in [5.74, 6) is 0.748. The molecule has 0 aliphatic carbocycles. The number of halogens is 1. The Balaban J connectivity index is 2.80. The molecule has 0 aromatic heterocycles. The van der Waals surface area contributed by atoms with Crippen LogP contribution in [-0.4, -0.2) is 0 Å². The third-order valence-corrected chi connectivity index (χ3v) is 1.75. The molecule has 0 unspecified atom stereocenters. The molecule has 0 fully saturated rings. The van der Waals surface area contributed by atoms with Crippen molar-refractivity contribution in [1.82, 2.24) is 0 Å². The van der Waals surface area contributed by atoms with Crippen LogP contribution in [0.4, 0.5) is 4.39 Å². The van der Waals surface area contributed by atoms with Crippen LogP contribution in [-0.2, 0) is 0 Å². The summed E-state index contributed by atoms with van der Waals surface area (Å²) in [5, 5.41) is 0. The minimum Gasteiger partial charge on any atom is -0.459 e. The Labute approximate surface area is 77.8 Å². The van der Waals surface area contributed by atoms with Crippen LogP contribution >= 0.6 is 0 Å². The predicted molar refractivity (Wildman–Crippen MR) is 51.1 cm³/mol. The molecule has 0 amide bonds. The van der Waals surface area contributed by atoms with Gasteiger partial charge in [0.25, 0.3) is 0 Å². The number of rotatable bonds is 3. The monoisotopic (exact) mass is 180 g/mol. The number of hydrogen-bond acceptors (Lipinski definition) is 1. The highest BCUT2D eigenvalue weighted by Crippen LogP contribution is 2.19. The van der Waals surface area contributed by atoms with Gasteiger partial charge in [-0.25, -0.2) is 4.39 Å². The molecule has 0 heterocycles. The van der Waals surface area contributed by atoms with Gasteiger partial charge in [-0.05, 0) is 25.1 Å². The van der Waals surface area contributed by atoms with Gasteiger partial charge in [0.2, 0.25) is 0 Å². The fourth-order valence-corrected chi connectivity index (χ4v) is 1.00. The van der Waals surface area contributed by atoms with Crippen LogP contribution in [0.15, 0.2) is 36.1 Å². The lowest BCUT2D eigenvalue weighted by molar-refractivity contribution is 0.382. The molecule has 0 atom stereocenters. The van der Waals surface area contributed by atoms with Crippen LogP contribution < -0.4 is 4.74 Å². The fourth-order valence-electron chi connectivity index (χ4n) is 1.00. The topological polar surface area (TPSA) is 9.23 Å². The lowest BCUT2D eigenvalue weighted by Gasteiger charge is -2.07. The first-order valence-corrected chi connectivity index (χ1v) is 4.35. The Hall–Kier alpha value is -1.31. The van der Waals surface area contributed by atoms with E-state index < -0.39 is 0 Å². The lowest BCUT2D eigenvalue weighted by Crippen LogP contribution is -1.95. The minimum absolute atomic E-state index is 0.289. The molecule has 0 aliphatic heterocycles. The van der Waals surface area contributed by atoms with Gasteiger partial charge < -0.3 is 4.74 Å². The van der Waals surface area contributed by atoms with Gasteiger partial charge in [0.05, 0.1) is 5.76 Å². The van der Waals surface area contributed by atoms with Crippen LogP contribution in [0.3, 0.4) is 0 Å². The molecule has 0 spiro atoms. The molecule has 0 bridgehead atoms. The summed E-state index contributed by atoms with van der Waals surface area (Å²) >= 11 is 0. The Morgan fingerprint density at radius 2 is 2.15 bits per heavy atom. The quantitative estimate of drug-likeness (QED) is 0.647. The molecule has 0 saturated heterocycles. The molecule has 1 aromatic carbocycles. The smallest absolute Gasteiger partial charge is 0.165 e. The third kappa shape index (κ3) is 2.58. The summed E-state index contributed by atoms with van der Waals surface area (Å²) in [6.45, 7) is 3.84. The van der Waals surface area contributed by atoms with Crippen molar-refractivity contribution in [2.75, 3.05) is 0 Å². The van der Waals surface area contributed by atoms with Gasteiger partial charge in [0.15, 0.2) is 11.6 Å². The second-order valence-electron chi connectivity index (χ2n) is 2.64. The van der Waals surface area contributed by atoms with E-state index in [0.717, 1.165) is 12.2 Å². The van der Waals surface area contributed by atoms with Crippen molar-refractivity contribution in [3.63, 3.8) is 0 Å². The van der Waals surface area contributed by atoms with Crippen molar-refractivity contribution in [3.05, 3.63) is 41.9 Å². The Morgan fingerprint density at radius 1 is 1.46 bits per heavy atom. The summed E-state index contributed by atoms with van der Waals surface area (Å²) in [6, 6.07) is 6.40. The van der Waals surface area contributed by atoms with Gasteiger partial charge >= 0.3 is 0 Å². The molecule has 2 heteroatoms. The zero-order valence-electron chi connectivity index (χ0n) is 7.88. The lowest BCUT2D eigenvalue weighted by atomic mass is 10.3. The molecule has 70 valence electrons. The molecule has 0 aliphatic rings. The summed E-state index contributed by atoms with van der Waals surface area (Å²) in [6.07, 6.45) is 2.61. The first kappa shape index (κ1) is 9.78. The maximum Gasteiger partial charge on any atom is 0.165 e. The highest BCUT2D eigenvalue weighted by atomic mass is 19.1. The van der Waals surface area contributed by atoms with Gasteiger partial charge in [-0.1, -0.05) is 19.1 Å². The zero-order chi connectivity index (χ0) is 9.68. The summed E-state index contributed by atoms with van der Waals surface area (Å²) in [7, 11) is 0. The average molecular weight is 180 g/mol. The second-order valence-corrected chi connectivity index (χ2v) is 2.64. The highest BCUT2D eigenvalue weighted by molar-refractivity contribution is 5.25. The van der Waals surface area contributed by atoms with E-state index in [9.17, 15) is 4.39 Å². The average Bonchev–Trinajstić information content (AvgIpc) is 2.17. The van der Waals surface area contributed by atoms with Crippen molar-refractivity contribution in [1.29, 1.82) is 0 Å². The molecule has 1 rings (SSSR count). The van der Waals surface area contributed by atoms with Crippen molar-refractivity contribution in [2.24, 2.45) is 0 Å². The van der Waals surface area contributed by atoms with Crippen LogP contribution in [0.25, 0.3) is 0 Å². The van der Waals surface area contributed by atoms with E-state index in [1.54, 1.807) is 18.2 Å². The standard InChI is InChI=1S/C11H13FO/c1-3-9(4-2)13-11-8-6-5-7-10(11)12/h3,5-8H,4H2,1-2H3. The van der Waals surface area contributed by atoms with E-state index >= 15 is 0 Å². The van der Waals surface area contributed by atoms with Crippen molar-refractivity contribution in [3.8, 4) is 5.75 Å². The summed E-state index contributed by atoms with van der Waals surface area (Å²) in [4.78, 5) is 0. The van der Waals surface area contributed by atoms with E-state index in [1.807, 2.05) is 19.9 Å². The highest BCUT2D eigenvalue weighted by Gasteiger charge is 2.02. The zero-order valence-corrected chi connectivity index (χ0v) is 7.88. The van der Waals surface area contributed by atoms with Crippen molar-refractivity contribution < 1.29 is 9.13 Å². The van der Waals surface area contributed by atoms with E-state index in [0.29, 0.717) is 0 Å². The largest absolute Gasteiger partial charge is 0.459 e. The van der Waals surface area contributed by atoms with Gasteiger partial charge in [-0.2, -0.15) is 0 Å². The van der Waals surface area contributed by atoms with Crippen molar-refractivity contribution >= 4 is 0 Å². The van der Waals surface area contributed by atoms with Gasteiger partial charge in [-0.15, -0.1) is 0 Å². The number of para-hydroxylation sites is 1. The van der Waals surface area contributed by atoms with E-state index in [2.05, 4.69) is 0 Å². The molecule has 0 radical (unpaired) electrons. The molecule has 0 N–H and O–H groups in total. The molecule has 1 nitrogen and oxygen atoms in total. The van der Waals surface area contributed by atoms with Crippen LogP contribution in [0, 0.1) is 5.82 Å². The first-order valence-electron chi connectivity index (χ1n) is 4.35. The van der Waals surface area contributed by atoms with E-state index in [1.165, 1.54) is 6.07 Å². The first-order chi connectivity index (χ1) is 6.27. The molecule has 0 saturated carbocycles. The minimum atomic E-state index is -0.324. The van der Waals surface area contributed by atoms with E-state index in [4.69, 9.17) is 4.74 Å². The Bertz CT molecular complexity index is 305. The molecule has 1 aromatic rings. The number of benzene rings is 1. The van der Waals surface area contributed by atoms with E-state index in [-0.39, 0.29) is 11.6 Å². The Kier molecular flexibility index (Phi) is 3.50. The molecular weight excluding hydrogens is 167 g/mol. The SMILES string of the molecule is CC=C(CC)Oc1ccccc1F. The van der Waals surface area contributed by atoms with Crippen LogP contribution in [0.5, 0.6) is 5.75 Å². The molecular formula is C11H13FO. The van der Waals surface area contributed by atoms with Crippen LogP contribution in [0.1, 0.15) is 20.3 Å². The second kappa shape index (κ2) is 4.65. The van der Waals surface area contributed by atoms with Crippen molar-refractivity contribution in [2.45, 2.75) is 20.3 Å². The summed E-state index contributed by atoms with van der Waals surface area (Å²) in [5.41, 5.74) is 0. The van der Waals surface area contributed by atoms with Gasteiger partial charge in [0, 0.05) is 6.42 Å².